The Kier molecular flexibility index (Phi) is 4.17. The van der Waals surface area contributed by atoms with E-state index in [2.05, 4.69) is 31.4 Å². The van der Waals surface area contributed by atoms with Gasteiger partial charge in [0.05, 0.1) is 0 Å². The molecule has 20 heavy (non-hydrogen) atoms. The van der Waals surface area contributed by atoms with Crippen LogP contribution in [0.3, 0.4) is 0 Å². The first-order chi connectivity index (χ1) is 9.72. The molecule has 1 saturated carbocycles. The maximum atomic E-state index is 5.76. The van der Waals surface area contributed by atoms with Gasteiger partial charge in [-0.1, -0.05) is 22.0 Å². The van der Waals surface area contributed by atoms with E-state index in [1.54, 1.807) is 0 Å². The van der Waals surface area contributed by atoms with Crippen LogP contribution in [0.25, 0.3) is 11.5 Å². The molecule has 0 aliphatic heterocycles. The lowest BCUT2D eigenvalue weighted by Crippen LogP contribution is -2.17. The molecule has 1 N–H and O–H groups in total. The number of rotatable bonds is 6. The molecule has 1 fully saturated rings. The number of hydrogen-bond donors (Lipinski definition) is 1. The summed E-state index contributed by atoms with van der Waals surface area (Å²) < 4.78 is 6.78. The second kappa shape index (κ2) is 6.06. The normalized spacial score (nSPS) is 14.7. The van der Waals surface area contributed by atoms with Crippen LogP contribution in [0.5, 0.6) is 0 Å². The van der Waals surface area contributed by atoms with Crippen LogP contribution >= 0.6 is 15.9 Å². The predicted octanol–water partition coefficient (Wildman–Crippen LogP) is 3.49. The fourth-order valence-corrected chi connectivity index (χ4v) is 2.48. The van der Waals surface area contributed by atoms with Crippen LogP contribution in [0.2, 0.25) is 0 Å². The average molecular weight is 336 g/mol. The lowest BCUT2D eigenvalue weighted by Gasteiger charge is -2.01. The van der Waals surface area contributed by atoms with E-state index in [0.717, 1.165) is 46.9 Å². The van der Waals surface area contributed by atoms with Crippen molar-refractivity contribution in [2.45, 2.75) is 38.6 Å². The summed E-state index contributed by atoms with van der Waals surface area (Å²) in [6.07, 6.45) is 4.52. The van der Waals surface area contributed by atoms with E-state index in [1.807, 2.05) is 25.1 Å². The third kappa shape index (κ3) is 3.46. The molecule has 1 aliphatic carbocycles. The molecule has 0 saturated heterocycles. The van der Waals surface area contributed by atoms with E-state index in [4.69, 9.17) is 4.42 Å². The molecule has 0 atom stereocenters. The van der Waals surface area contributed by atoms with E-state index < -0.39 is 0 Å². The Hall–Kier alpha value is -1.20. The highest BCUT2D eigenvalue weighted by molar-refractivity contribution is 9.10. The summed E-state index contributed by atoms with van der Waals surface area (Å²) in [5, 5.41) is 11.8. The van der Waals surface area contributed by atoms with Crippen LogP contribution in [-0.4, -0.2) is 22.8 Å². The van der Waals surface area contributed by atoms with Crippen LogP contribution in [0.1, 0.15) is 30.7 Å². The van der Waals surface area contributed by atoms with E-state index >= 15 is 0 Å². The van der Waals surface area contributed by atoms with Crippen molar-refractivity contribution in [3.63, 3.8) is 0 Å². The Morgan fingerprint density at radius 2 is 2.20 bits per heavy atom. The molecular formula is C15H18BrN3O. The molecule has 0 spiro atoms. The lowest BCUT2D eigenvalue weighted by molar-refractivity contribution is 0.490. The van der Waals surface area contributed by atoms with Crippen molar-refractivity contribution in [3.05, 3.63) is 34.1 Å². The third-order valence-electron chi connectivity index (χ3n) is 3.47. The maximum absolute atomic E-state index is 5.76. The van der Waals surface area contributed by atoms with Crippen molar-refractivity contribution in [3.8, 4) is 11.5 Å². The van der Waals surface area contributed by atoms with Gasteiger partial charge in [-0.05, 0) is 50.4 Å². The van der Waals surface area contributed by atoms with Crippen LogP contribution in [0.15, 0.2) is 27.1 Å². The SMILES string of the molecule is Cc1ccc(Br)cc1-c1nnc(CCCNC2CC2)o1. The van der Waals surface area contributed by atoms with Gasteiger partial charge in [-0.25, -0.2) is 0 Å². The molecule has 1 aromatic heterocycles. The molecule has 1 aliphatic rings. The molecule has 0 unspecified atom stereocenters. The van der Waals surface area contributed by atoms with Crippen molar-refractivity contribution >= 4 is 15.9 Å². The van der Waals surface area contributed by atoms with Crippen molar-refractivity contribution in [2.75, 3.05) is 6.54 Å². The van der Waals surface area contributed by atoms with Crippen LogP contribution < -0.4 is 5.32 Å². The summed E-state index contributed by atoms with van der Waals surface area (Å²) in [5.74, 6) is 1.32. The Labute approximate surface area is 127 Å². The minimum Gasteiger partial charge on any atom is -0.421 e. The first-order valence-electron chi connectivity index (χ1n) is 7.04. The molecule has 5 heteroatoms. The summed E-state index contributed by atoms with van der Waals surface area (Å²) in [7, 11) is 0. The van der Waals surface area contributed by atoms with Crippen molar-refractivity contribution in [2.24, 2.45) is 0 Å². The monoisotopic (exact) mass is 335 g/mol. The van der Waals surface area contributed by atoms with Gasteiger partial charge in [0.2, 0.25) is 11.8 Å². The minimum atomic E-state index is 0.606. The van der Waals surface area contributed by atoms with Crippen LogP contribution in [-0.2, 0) is 6.42 Å². The average Bonchev–Trinajstić information content (AvgIpc) is 3.15. The third-order valence-corrected chi connectivity index (χ3v) is 3.97. The van der Waals surface area contributed by atoms with Gasteiger partial charge in [0, 0.05) is 22.5 Å². The summed E-state index contributed by atoms with van der Waals surface area (Å²) >= 11 is 3.47. The van der Waals surface area contributed by atoms with Crippen molar-refractivity contribution < 1.29 is 4.42 Å². The molecular weight excluding hydrogens is 318 g/mol. The number of benzene rings is 1. The molecule has 106 valence electrons. The quantitative estimate of drug-likeness (QED) is 0.821. The van der Waals surface area contributed by atoms with Gasteiger partial charge in [-0.3, -0.25) is 0 Å². The van der Waals surface area contributed by atoms with Crippen molar-refractivity contribution in [1.82, 2.24) is 15.5 Å². The zero-order valence-electron chi connectivity index (χ0n) is 11.5. The molecule has 1 aromatic carbocycles. The van der Waals surface area contributed by atoms with Gasteiger partial charge in [0.15, 0.2) is 0 Å². The molecule has 0 bridgehead atoms. The summed E-state index contributed by atoms with van der Waals surface area (Å²) in [4.78, 5) is 0. The summed E-state index contributed by atoms with van der Waals surface area (Å²) in [5.41, 5.74) is 2.13. The Morgan fingerprint density at radius 1 is 1.35 bits per heavy atom. The van der Waals surface area contributed by atoms with Crippen LogP contribution in [0.4, 0.5) is 0 Å². The second-order valence-electron chi connectivity index (χ2n) is 5.29. The van der Waals surface area contributed by atoms with E-state index in [-0.39, 0.29) is 0 Å². The van der Waals surface area contributed by atoms with Gasteiger partial charge < -0.3 is 9.73 Å². The fraction of sp³-hybridized carbons (Fsp3) is 0.467. The first-order valence-corrected chi connectivity index (χ1v) is 7.84. The summed E-state index contributed by atoms with van der Waals surface area (Å²) in [6, 6.07) is 6.83. The number of nitrogens with one attached hydrogen (secondary N) is 1. The Morgan fingerprint density at radius 3 is 3.00 bits per heavy atom. The topological polar surface area (TPSA) is 51.0 Å². The van der Waals surface area contributed by atoms with Gasteiger partial charge in [0.25, 0.3) is 0 Å². The van der Waals surface area contributed by atoms with Gasteiger partial charge >= 0.3 is 0 Å². The molecule has 4 nitrogen and oxygen atoms in total. The Bertz CT molecular complexity index is 593. The molecule has 3 rings (SSSR count). The summed E-state index contributed by atoms with van der Waals surface area (Å²) in [6.45, 7) is 3.07. The number of aryl methyl sites for hydroxylation is 2. The molecule has 1 heterocycles. The van der Waals surface area contributed by atoms with Gasteiger partial charge in [0.1, 0.15) is 0 Å². The highest BCUT2D eigenvalue weighted by Gasteiger charge is 2.19. The largest absolute Gasteiger partial charge is 0.421 e. The first kappa shape index (κ1) is 13.8. The molecule has 0 radical (unpaired) electrons. The Balaban J connectivity index is 1.61. The molecule has 0 amide bonds. The smallest absolute Gasteiger partial charge is 0.248 e. The number of hydrogen-bond acceptors (Lipinski definition) is 4. The number of halogens is 1. The zero-order chi connectivity index (χ0) is 13.9. The van der Waals surface area contributed by atoms with Crippen molar-refractivity contribution in [1.29, 1.82) is 0 Å². The maximum Gasteiger partial charge on any atom is 0.248 e. The number of aromatic nitrogens is 2. The fourth-order valence-electron chi connectivity index (χ4n) is 2.12. The van der Waals surface area contributed by atoms with Gasteiger partial charge in [-0.2, -0.15) is 0 Å². The second-order valence-corrected chi connectivity index (χ2v) is 6.21. The van der Waals surface area contributed by atoms with E-state index in [9.17, 15) is 0 Å². The zero-order valence-corrected chi connectivity index (χ0v) is 13.1. The van der Waals surface area contributed by atoms with E-state index in [0.29, 0.717) is 5.89 Å². The standard InChI is InChI=1S/C15H18BrN3O/c1-10-4-5-11(16)9-13(10)15-19-18-14(20-15)3-2-8-17-12-6-7-12/h4-5,9,12,17H,2-3,6-8H2,1H3. The highest BCUT2D eigenvalue weighted by atomic mass is 79.9. The van der Waals surface area contributed by atoms with Gasteiger partial charge in [-0.15, -0.1) is 10.2 Å². The van der Waals surface area contributed by atoms with E-state index in [1.165, 1.54) is 12.8 Å². The molecule has 2 aromatic rings. The minimum absolute atomic E-state index is 0.606. The predicted molar refractivity (Wildman–Crippen MR) is 81.5 cm³/mol. The lowest BCUT2D eigenvalue weighted by atomic mass is 10.1. The van der Waals surface area contributed by atoms with Crippen LogP contribution in [0, 0.1) is 6.92 Å². The highest BCUT2D eigenvalue weighted by Crippen LogP contribution is 2.26. The number of nitrogens with zero attached hydrogens (tertiary/aromatic N) is 2.